The van der Waals surface area contributed by atoms with Gasteiger partial charge in [-0.3, -0.25) is 0 Å². The summed E-state index contributed by atoms with van der Waals surface area (Å²) in [5.41, 5.74) is 1.20. The Kier molecular flexibility index (Phi) is 4.86. The third-order valence-electron chi connectivity index (χ3n) is 4.07. The maximum Gasteiger partial charge on any atom is 0.184 e. The molecule has 0 saturated heterocycles. The van der Waals surface area contributed by atoms with Crippen molar-refractivity contribution in [3.8, 4) is 5.75 Å². The minimum Gasteiger partial charge on any atom is -0.494 e. The Balaban J connectivity index is 2.27. The summed E-state index contributed by atoms with van der Waals surface area (Å²) < 4.78 is 6.72. The lowest BCUT2D eigenvalue weighted by Crippen LogP contribution is -2.35. The SMILES string of the molecule is CCOc1ccc2nc(NC(CC)(CC)CC)sc2c1. The summed E-state index contributed by atoms with van der Waals surface area (Å²) in [5.74, 6) is 0.919. The van der Waals surface area contributed by atoms with Crippen molar-refractivity contribution in [3.63, 3.8) is 0 Å². The van der Waals surface area contributed by atoms with Gasteiger partial charge in [-0.05, 0) is 44.4 Å². The smallest absolute Gasteiger partial charge is 0.184 e. The second kappa shape index (κ2) is 6.44. The number of fused-ring (bicyclic) bond motifs is 1. The Morgan fingerprint density at radius 2 is 1.85 bits per heavy atom. The van der Waals surface area contributed by atoms with Gasteiger partial charge in [-0.2, -0.15) is 0 Å². The van der Waals surface area contributed by atoms with Crippen molar-refractivity contribution in [2.24, 2.45) is 0 Å². The highest BCUT2D eigenvalue weighted by molar-refractivity contribution is 7.22. The molecule has 0 aliphatic heterocycles. The van der Waals surface area contributed by atoms with E-state index in [1.165, 1.54) is 4.70 Å². The zero-order valence-corrected chi connectivity index (χ0v) is 13.6. The van der Waals surface area contributed by atoms with E-state index in [9.17, 15) is 0 Å². The van der Waals surface area contributed by atoms with Gasteiger partial charge in [-0.25, -0.2) is 4.98 Å². The quantitative estimate of drug-likeness (QED) is 0.773. The van der Waals surface area contributed by atoms with Crippen molar-refractivity contribution >= 4 is 26.7 Å². The molecule has 1 aromatic carbocycles. The summed E-state index contributed by atoms with van der Waals surface area (Å²) in [6.07, 6.45) is 3.33. The van der Waals surface area contributed by atoms with Crippen molar-refractivity contribution in [3.05, 3.63) is 18.2 Å². The molecule has 0 atom stereocenters. The Morgan fingerprint density at radius 3 is 2.45 bits per heavy atom. The Hall–Kier alpha value is -1.29. The second-order valence-corrected chi connectivity index (χ2v) is 6.08. The van der Waals surface area contributed by atoms with Crippen LogP contribution in [0.15, 0.2) is 18.2 Å². The lowest BCUT2D eigenvalue weighted by Gasteiger charge is -2.31. The monoisotopic (exact) mass is 292 g/mol. The van der Waals surface area contributed by atoms with Crippen LogP contribution in [-0.4, -0.2) is 17.1 Å². The van der Waals surface area contributed by atoms with Gasteiger partial charge in [0.2, 0.25) is 0 Å². The molecule has 0 aliphatic rings. The third kappa shape index (κ3) is 3.06. The van der Waals surface area contributed by atoms with E-state index in [2.05, 4.69) is 32.2 Å². The summed E-state index contributed by atoms with van der Waals surface area (Å²) in [7, 11) is 0. The minimum atomic E-state index is 0.163. The fourth-order valence-electron chi connectivity index (χ4n) is 2.46. The molecule has 0 aliphatic carbocycles. The van der Waals surface area contributed by atoms with E-state index < -0.39 is 0 Å². The van der Waals surface area contributed by atoms with Gasteiger partial charge in [0, 0.05) is 5.54 Å². The fraction of sp³-hybridized carbons (Fsp3) is 0.562. The standard InChI is InChI=1S/C16H24N2OS/c1-5-16(6-2,7-3)18-15-17-13-10-9-12(19-8-4)11-14(13)20-15/h9-11H,5-8H2,1-4H3,(H,17,18). The molecule has 3 nitrogen and oxygen atoms in total. The van der Waals surface area contributed by atoms with E-state index in [0.29, 0.717) is 6.61 Å². The topological polar surface area (TPSA) is 34.1 Å². The number of ether oxygens (including phenoxy) is 1. The molecular weight excluding hydrogens is 268 g/mol. The molecule has 0 spiro atoms. The van der Waals surface area contributed by atoms with E-state index in [0.717, 1.165) is 35.7 Å². The molecule has 20 heavy (non-hydrogen) atoms. The molecule has 0 saturated carbocycles. The van der Waals surface area contributed by atoms with Crippen LogP contribution in [0.2, 0.25) is 0 Å². The van der Waals surface area contributed by atoms with Crippen LogP contribution >= 0.6 is 11.3 Å². The van der Waals surface area contributed by atoms with Gasteiger partial charge in [0.15, 0.2) is 5.13 Å². The molecule has 0 radical (unpaired) electrons. The summed E-state index contributed by atoms with van der Waals surface area (Å²) in [4.78, 5) is 4.69. The number of rotatable bonds is 7. The summed E-state index contributed by atoms with van der Waals surface area (Å²) in [6, 6.07) is 6.10. The van der Waals surface area contributed by atoms with Crippen LogP contribution in [0, 0.1) is 0 Å². The molecular formula is C16H24N2OS. The van der Waals surface area contributed by atoms with Crippen molar-refractivity contribution in [2.75, 3.05) is 11.9 Å². The molecule has 2 rings (SSSR count). The van der Waals surface area contributed by atoms with Gasteiger partial charge in [-0.15, -0.1) is 0 Å². The van der Waals surface area contributed by atoms with Gasteiger partial charge in [-0.1, -0.05) is 32.1 Å². The Labute approximate surface area is 125 Å². The normalized spacial score (nSPS) is 11.8. The first-order valence-corrected chi connectivity index (χ1v) is 8.29. The number of thiazole rings is 1. The summed E-state index contributed by atoms with van der Waals surface area (Å²) in [6.45, 7) is 9.41. The Morgan fingerprint density at radius 1 is 1.15 bits per heavy atom. The van der Waals surface area contributed by atoms with Crippen LogP contribution in [0.3, 0.4) is 0 Å². The number of anilines is 1. The maximum atomic E-state index is 5.55. The lowest BCUT2D eigenvalue weighted by atomic mass is 9.90. The number of nitrogens with zero attached hydrogens (tertiary/aromatic N) is 1. The molecule has 1 N–H and O–H groups in total. The Bertz CT molecular complexity index is 552. The van der Waals surface area contributed by atoms with Crippen LogP contribution in [0.1, 0.15) is 47.0 Å². The third-order valence-corrected chi connectivity index (χ3v) is 5.01. The predicted octanol–water partition coefficient (Wildman–Crippen LogP) is 5.08. The fourth-order valence-corrected chi connectivity index (χ4v) is 3.47. The summed E-state index contributed by atoms with van der Waals surface area (Å²) in [5, 5.41) is 4.66. The molecule has 0 fully saturated rings. The predicted molar refractivity (Wildman–Crippen MR) is 88.0 cm³/mol. The second-order valence-electron chi connectivity index (χ2n) is 5.05. The highest BCUT2D eigenvalue weighted by atomic mass is 32.1. The van der Waals surface area contributed by atoms with E-state index in [-0.39, 0.29) is 5.54 Å². The number of aromatic nitrogens is 1. The average molecular weight is 292 g/mol. The van der Waals surface area contributed by atoms with Crippen molar-refractivity contribution in [1.29, 1.82) is 0 Å². The number of nitrogens with one attached hydrogen (secondary N) is 1. The van der Waals surface area contributed by atoms with Gasteiger partial charge in [0.1, 0.15) is 5.75 Å². The highest BCUT2D eigenvalue weighted by Gasteiger charge is 2.24. The first-order chi connectivity index (χ1) is 9.66. The zero-order chi connectivity index (χ0) is 14.6. The van der Waals surface area contributed by atoms with E-state index in [4.69, 9.17) is 9.72 Å². The van der Waals surface area contributed by atoms with Crippen LogP contribution in [0.25, 0.3) is 10.2 Å². The minimum absolute atomic E-state index is 0.163. The van der Waals surface area contributed by atoms with Crippen molar-refractivity contribution in [2.45, 2.75) is 52.5 Å². The van der Waals surface area contributed by atoms with E-state index in [1.807, 2.05) is 19.1 Å². The molecule has 1 heterocycles. The number of benzene rings is 1. The van der Waals surface area contributed by atoms with E-state index >= 15 is 0 Å². The zero-order valence-electron chi connectivity index (χ0n) is 12.8. The number of hydrogen-bond donors (Lipinski definition) is 1. The van der Waals surface area contributed by atoms with Crippen LogP contribution in [0.4, 0.5) is 5.13 Å². The molecule has 0 unspecified atom stereocenters. The van der Waals surface area contributed by atoms with E-state index in [1.54, 1.807) is 11.3 Å². The van der Waals surface area contributed by atoms with Crippen molar-refractivity contribution < 1.29 is 4.74 Å². The van der Waals surface area contributed by atoms with Gasteiger partial charge in [0.25, 0.3) is 0 Å². The van der Waals surface area contributed by atoms with Gasteiger partial charge >= 0.3 is 0 Å². The van der Waals surface area contributed by atoms with Crippen LogP contribution in [0.5, 0.6) is 5.75 Å². The lowest BCUT2D eigenvalue weighted by molar-refractivity contribution is 0.341. The first kappa shape index (κ1) is 15.1. The van der Waals surface area contributed by atoms with Crippen LogP contribution < -0.4 is 10.1 Å². The largest absolute Gasteiger partial charge is 0.494 e. The molecule has 1 aromatic heterocycles. The highest BCUT2D eigenvalue weighted by Crippen LogP contribution is 2.33. The summed E-state index contributed by atoms with van der Waals surface area (Å²) >= 11 is 1.71. The molecule has 110 valence electrons. The van der Waals surface area contributed by atoms with Gasteiger partial charge < -0.3 is 10.1 Å². The maximum absolute atomic E-state index is 5.55. The molecule has 2 aromatic rings. The van der Waals surface area contributed by atoms with Crippen LogP contribution in [-0.2, 0) is 0 Å². The average Bonchev–Trinajstić information content (AvgIpc) is 2.87. The molecule has 0 bridgehead atoms. The van der Waals surface area contributed by atoms with Gasteiger partial charge in [0.05, 0.1) is 16.8 Å². The number of hydrogen-bond acceptors (Lipinski definition) is 4. The molecule has 0 amide bonds. The first-order valence-electron chi connectivity index (χ1n) is 7.48. The van der Waals surface area contributed by atoms with Crippen molar-refractivity contribution in [1.82, 2.24) is 4.98 Å². The molecule has 4 heteroatoms.